The summed E-state index contributed by atoms with van der Waals surface area (Å²) in [5.74, 6) is -14.3. The normalized spacial score (nSPS) is 15.2. The van der Waals surface area contributed by atoms with Gasteiger partial charge in [-0.3, -0.25) is 14.4 Å². The fraction of sp³-hybridized carbons (Fsp3) is 0.154. The molecule has 0 aliphatic carbocycles. The number of carbonyl (C=O) groups is 4. The van der Waals surface area contributed by atoms with E-state index >= 15 is 0 Å². The van der Waals surface area contributed by atoms with E-state index in [9.17, 15) is 49.9 Å². The van der Waals surface area contributed by atoms with Crippen LogP contribution in [0.25, 0.3) is 0 Å². The Morgan fingerprint density at radius 1 is 0.976 bits per heavy atom. The van der Waals surface area contributed by atoms with E-state index in [-0.39, 0.29) is 17.7 Å². The summed E-state index contributed by atoms with van der Waals surface area (Å²) in [7, 11) is 0. The van der Waals surface area contributed by atoms with Gasteiger partial charge in [-0.1, -0.05) is 6.07 Å². The average Bonchev–Trinajstić information content (AvgIpc) is 3.20. The maximum atomic E-state index is 14.0. The Labute approximate surface area is 235 Å². The number of benzene rings is 3. The van der Waals surface area contributed by atoms with Crippen molar-refractivity contribution in [2.75, 3.05) is 22.6 Å². The van der Waals surface area contributed by atoms with Crippen LogP contribution in [-0.2, 0) is 25.3 Å². The smallest absolute Gasteiger partial charge is 0.422 e. The molecule has 1 atom stereocenters. The molecule has 1 aliphatic rings. The second-order valence-electron chi connectivity index (χ2n) is 8.63. The first kappa shape index (κ1) is 30.4. The van der Waals surface area contributed by atoms with Crippen LogP contribution in [0.1, 0.15) is 22.3 Å². The molecule has 1 fully saturated rings. The third-order valence-electron chi connectivity index (χ3n) is 5.75. The molecule has 1 aliphatic heterocycles. The molecule has 3 amide bonds. The number of nitrogen functional groups attached to an aromatic ring is 1. The summed E-state index contributed by atoms with van der Waals surface area (Å²) in [5.41, 5.74) is 1.48. The first-order valence-electron chi connectivity index (χ1n) is 11.6. The molecular formula is C26H16F7N3O5S. The number of hydrogen-bond acceptors (Lipinski definition) is 7. The number of imide groups is 1. The van der Waals surface area contributed by atoms with Crippen molar-refractivity contribution in [2.24, 2.45) is 0 Å². The summed E-state index contributed by atoms with van der Waals surface area (Å²) >= 11 is 1.16. The van der Waals surface area contributed by atoms with Crippen LogP contribution in [0, 0.1) is 23.3 Å². The van der Waals surface area contributed by atoms with E-state index in [4.69, 9.17) is 5.73 Å². The third-order valence-corrected chi connectivity index (χ3v) is 6.93. The van der Waals surface area contributed by atoms with Crippen molar-refractivity contribution in [2.45, 2.75) is 22.7 Å². The van der Waals surface area contributed by atoms with E-state index in [0.29, 0.717) is 10.6 Å². The molecule has 3 aromatic carbocycles. The van der Waals surface area contributed by atoms with Gasteiger partial charge in [-0.25, -0.2) is 27.3 Å². The number of carbonyl (C=O) groups excluding carboxylic acids is 4. The number of nitrogens with zero attached hydrogens (tertiary/aromatic N) is 1. The molecule has 1 saturated heterocycles. The van der Waals surface area contributed by atoms with Gasteiger partial charge in [-0.05, 0) is 42.5 Å². The van der Waals surface area contributed by atoms with Crippen LogP contribution in [-0.4, -0.2) is 35.5 Å². The summed E-state index contributed by atoms with van der Waals surface area (Å²) < 4.78 is 98.1. The standard InChI is InChI=1S/C26H16F7N3O5S/c27-19-18(26(31,32)33)20(28)22(30)23(21(19)29)35-16(37)10-41-25(40)11-4-6-13(7-5-11)36-17(38)9-15(24(36)39)42-14-3-1-2-12(34)8-14/h1-8,15H,9-10,34H2,(H,35,37). The molecule has 0 aromatic heterocycles. The topological polar surface area (TPSA) is 119 Å². The van der Waals surface area contributed by atoms with Gasteiger partial charge in [0.1, 0.15) is 11.3 Å². The number of nitrogens with one attached hydrogen (secondary N) is 1. The highest BCUT2D eigenvalue weighted by molar-refractivity contribution is 8.00. The summed E-state index contributed by atoms with van der Waals surface area (Å²) in [6.45, 7) is -1.25. The van der Waals surface area contributed by atoms with Crippen molar-refractivity contribution < 1.29 is 54.6 Å². The van der Waals surface area contributed by atoms with Crippen LogP contribution in [0.2, 0.25) is 0 Å². The molecule has 0 radical (unpaired) electrons. The maximum absolute atomic E-state index is 14.0. The number of anilines is 3. The lowest BCUT2D eigenvalue weighted by Crippen LogP contribution is -2.31. The second kappa shape index (κ2) is 11.7. The van der Waals surface area contributed by atoms with Gasteiger partial charge in [-0.2, -0.15) is 13.2 Å². The predicted octanol–water partition coefficient (Wildman–Crippen LogP) is 5.06. The predicted molar refractivity (Wildman–Crippen MR) is 134 cm³/mol. The number of nitrogens with two attached hydrogens (primary N) is 1. The van der Waals surface area contributed by atoms with E-state index in [1.54, 1.807) is 24.3 Å². The minimum absolute atomic E-state index is 0.0921. The van der Waals surface area contributed by atoms with Gasteiger partial charge in [0.15, 0.2) is 29.9 Å². The van der Waals surface area contributed by atoms with E-state index in [1.165, 1.54) is 17.4 Å². The highest BCUT2D eigenvalue weighted by Gasteiger charge is 2.43. The van der Waals surface area contributed by atoms with Crippen LogP contribution < -0.4 is 16.0 Å². The Morgan fingerprint density at radius 2 is 1.60 bits per heavy atom. The molecule has 1 unspecified atom stereocenters. The highest BCUT2D eigenvalue weighted by Crippen LogP contribution is 2.38. The van der Waals surface area contributed by atoms with Crippen LogP contribution in [0.15, 0.2) is 53.4 Å². The van der Waals surface area contributed by atoms with Gasteiger partial charge in [0.05, 0.1) is 16.5 Å². The fourth-order valence-electron chi connectivity index (χ4n) is 3.85. The summed E-state index contributed by atoms with van der Waals surface area (Å²) in [5, 5.41) is 0.603. The largest absolute Gasteiger partial charge is 0.452 e. The van der Waals surface area contributed by atoms with Crippen molar-refractivity contribution in [3.63, 3.8) is 0 Å². The SMILES string of the molecule is Nc1cccc(SC2CC(=O)N(c3ccc(C(=O)OCC(=O)Nc4c(F)c(F)c(C(F)(F)F)c(F)c4F)cc3)C2=O)c1. The number of amides is 3. The number of ether oxygens (including phenoxy) is 1. The number of esters is 1. The van der Waals surface area contributed by atoms with Crippen LogP contribution in [0.5, 0.6) is 0 Å². The van der Waals surface area contributed by atoms with Gasteiger partial charge >= 0.3 is 12.1 Å². The lowest BCUT2D eigenvalue weighted by molar-refractivity contribution is -0.143. The second-order valence-corrected chi connectivity index (χ2v) is 9.90. The lowest BCUT2D eigenvalue weighted by Gasteiger charge is -2.15. The van der Waals surface area contributed by atoms with Crippen molar-refractivity contribution >= 4 is 52.5 Å². The zero-order chi connectivity index (χ0) is 30.9. The first-order chi connectivity index (χ1) is 19.7. The van der Waals surface area contributed by atoms with Crippen LogP contribution in [0.3, 0.4) is 0 Å². The molecule has 8 nitrogen and oxygen atoms in total. The van der Waals surface area contributed by atoms with E-state index < -0.39 is 76.2 Å². The summed E-state index contributed by atoms with van der Waals surface area (Å²) in [6, 6.07) is 11.5. The molecule has 3 aromatic rings. The molecule has 220 valence electrons. The number of halogens is 7. The van der Waals surface area contributed by atoms with Gasteiger partial charge < -0.3 is 15.8 Å². The lowest BCUT2D eigenvalue weighted by atomic mass is 10.1. The maximum Gasteiger partial charge on any atom is 0.422 e. The molecule has 0 bridgehead atoms. The zero-order valence-corrected chi connectivity index (χ0v) is 21.5. The Bertz CT molecular complexity index is 1570. The quantitative estimate of drug-likeness (QED) is 0.125. The molecule has 0 saturated carbocycles. The van der Waals surface area contributed by atoms with Crippen LogP contribution >= 0.6 is 11.8 Å². The molecule has 4 rings (SSSR count). The average molecular weight is 615 g/mol. The molecule has 0 spiro atoms. The Kier molecular flexibility index (Phi) is 8.47. The number of rotatable bonds is 7. The van der Waals surface area contributed by atoms with Crippen molar-refractivity contribution in [3.8, 4) is 0 Å². The van der Waals surface area contributed by atoms with Gasteiger partial charge in [-0.15, -0.1) is 11.8 Å². The molecular weight excluding hydrogens is 599 g/mol. The minimum Gasteiger partial charge on any atom is -0.452 e. The molecule has 1 heterocycles. The van der Waals surface area contributed by atoms with E-state index in [2.05, 4.69) is 4.74 Å². The van der Waals surface area contributed by atoms with E-state index in [1.807, 2.05) is 0 Å². The summed E-state index contributed by atoms with van der Waals surface area (Å²) in [6.07, 6.45) is -5.86. The Balaban J connectivity index is 1.38. The zero-order valence-electron chi connectivity index (χ0n) is 20.7. The van der Waals surface area contributed by atoms with Gasteiger partial charge in [0.25, 0.3) is 5.91 Å². The monoisotopic (exact) mass is 615 g/mol. The third kappa shape index (κ3) is 6.17. The Morgan fingerprint density at radius 3 is 2.17 bits per heavy atom. The summed E-state index contributed by atoms with van der Waals surface area (Å²) in [4.78, 5) is 51.3. The van der Waals surface area contributed by atoms with Crippen molar-refractivity contribution in [1.82, 2.24) is 0 Å². The fourth-order valence-corrected chi connectivity index (χ4v) is 4.97. The van der Waals surface area contributed by atoms with E-state index in [0.717, 1.165) is 28.8 Å². The first-order valence-corrected chi connectivity index (χ1v) is 12.5. The number of hydrogen-bond donors (Lipinski definition) is 2. The molecule has 42 heavy (non-hydrogen) atoms. The highest BCUT2D eigenvalue weighted by atomic mass is 32.2. The van der Waals surface area contributed by atoms with Gasteiger partial charge in [0, 0.05) is 17.0 Å². The number of thioether (sulfide) groups is 1. The van der Waals surface area contributed by atoms with Crippen molar-refractivity contribution in [1.29, 1.82) is 0 Å². The van der Waals surface area contributed by atoms with Crippen molar-refractivity contribution in [3.05, 3.63) is 82.9 Å². The number of alkyl halides is 3. The molecule has 3 N–H and O–H groups in total. The minimum atomic E-state index is -5.77. The Hall–Kier alpha value is -4.60. The van der Waals surface area contributed by atoms with Crippen LogP contribution in [0.4, 0.5) is 47.8 Å². The van der Waals surface area contributed by atoms with Gasteiger partial charge in [0.2, 0.25) is 11.8 Å². The molecule has 16 heteroatoms.